The SMILES string of the molecule is CC1CC(NCCO)CN1C1CC1. The van der Waals surface area contributed by atoms with Crippen LogP contribution in [0.2, 0.25) is 0 Å². The van der Waals surface area contributed by atoms with Gasteiger partial charge in [-0.2, -0.15) is 0 Å². The third-order valence-corrected chi connectivity index (χ3v) is 3.18. The van der Waals surface area contributed by atoms with E-state index in [1.165, 1.54) is 25.8 Å². The van der Waals surface area contributed by atoms with E-state index in [2.05, 4.69) is 17.1 Å². The number of hydrogen-bond acceptors (Lipinski definition) is 3. The molecule has 3 nitrogen and oxygen atoms in total. The van der Waals surface area contributed by atoms with Crippen LogP contribution in [0.5, 0.6) is 0 Å². The first kappa shape index (κ1) is 9.44. The predicted octanol–water partition coefficient (Wildman–Crippen LogP) is 0.194. The maximum atomic E-state index is 8.70. The summed E-state index contributed by atoms with van der Waals surface area (Å²) in [6.07, 6.45) is 4.05. The third kappa shape index (κ3) is 2.22. The normalized spacial score (nSPS) is 35.5. The van der Waals surface area contributed by atoms with Crippen molar-refractivity contribution in [2.45, 2.75) is 44.3 Å². The van der Waals surface area contributed by atoms with Gasteiger partial charge in [-0.3, -0.25) is 4.90 Å². The van der Waals surface area contributed by atoms with E-state index in [-0.39, 0.29) is 6.61 Å². The summed E-state index contributed by atoms with van der Waals surface area (Å²) in [6.45, 7) is 4.51. The molecule has 76 valence electrons. The van der Waals surface area contributed by atoms with E-state index in [0.717, 1.165) is 18.6 Å². The van der Waals surface area contributed by atoms with Gasteiger partial charge in [-0.05, 0) is 26.2 Å². The van der Waals surface area contributed by atoms with Crippen LogP contribution in [0.1, 0.15) is 26.2 Å². The maximum absolute atomic E-state index is 8.70. The van der Waals surface area contributed by atoms with Crippen molar-refractivity contribution in [2.24, 2.45) is 0 Å². The van der Waals surface area contributed by atoms with Crippen LogP contribution in [-0.2, 0) is 0 Å². The molecule has 0 aromatic rings. The Morgan fingerprint density at radius 3 is 2.85 bits per heavy atom. The molecule has 2 atom stereocenters. The van der Waals surface area contributed by atoms with Crippen LogP contribution in [0.25, 0.3) is 0 Å². The molecule has 2 fully saturated rings. The van der Waals surface area contributed by atoms with Crippen molar-refractivity contribution in [1.29, 1.82) is 0 Å². The second-order valence-corrected chi connectivity index (χ2v) is 4.39. The molecule has 0 aromatic carbocycles. The van der Waals surface area contributed by atoms with Crippen molar-refractivity contribution >= 4 is 0 Å². The lowest BCUT2D eigenvalue weighted by atomic mass is 10.2. The van der Waals surface area contributed by atoms with Crippen molar-refractivity contribution in [3.63, 3.8) is 0 Å². The van der Waals surface area contributed by atoms with Gasteiger partial charge in [0.25, 0.3) is 0 Å². The fraction of sp³-hybridized carbons (Fsp3) is 1.00. The molecule has 2 aliphatic rings. The number of nitrogens with zero attached hydrogens (tertiary/aromatic N) is 1. The summed E-state index contributed by atoms with van der Waals surface area (Å²) in [5.74, 6) is 0. The van der Waals surface area contributed by atoms with Crippen molar-refractivity contribution in [3.05, 3.63) is 0 Å². The molecule has 1 aliphatic carbocycles. The highest BCUT2D eigenvalue weighted by Crippen LogP contribution is 2.33. The zero-order chi connectivity index (χ0) is 9.26. The average molecular weight is 184 g/mol. The molecular formula is C10H20N2O. The molecule has 2 unspecified atom stereocenters. The summed E-state index contributed by atoms with van der Waals surface area (Å²) < 4.78 is 0. The minimum Gasteiger partial charge on any atom is -0.395 e. The van der Waals surface area contributed by atoms with E-state index >= 15 is 0 Å². The van der Waals surface area contributed by atoms with Gasteiger partial charge in [-0.1, -0.05) is 0 Å². The van der Waals surface area contributed by atoms with Gasteiger partial charge >= 0.3 is 0 Å². The number of aliphatic hydroxyl groups is 1. The highest BCUT2D eigenvalue weighted by molar-refractivity contribution is 4.95. The zero-order valence-corrected chi connectivity index (χ0v) is 8.37. The van der Waals surface area contributed by atoms with Crippen molar-refractivity contribution in [1.82, 2.24) is 10.2 Å². The standard InChI is InChI=1S/C10H20N2O/c1-8-6-9(11-4-5-13)7-12(8)10-2-3-10/h8-11,13H,2-7H2,1H3. The van der Waals surface area contributed by atoms with Crippen molar-refractivity contribution in [3.8, 4) is 0 Å². The van der Waals surface area contributed by atoms with Gasteiger partial charge in [0.2, 0.25) is 0 Å². The third-order valence-electron chi connectivity index (χ3n) is 3.18. The quantitative estimate of drug-likeness (QED) is 0.655. The van der Waals surface area contributed by atoms with Gasteiger partial charge in [0.15, 0.2) is 0 Å². The van der Waals surface area contributed by atoms with Gasteiger partial charge in [-0.15, -0.1) is 0 Å². The molecule has 0 radical (unpaired) electrons. The molecule has 3 heteroatoms. The molecule has 0 aromatic heterocycles. The second kappa shape index (κ2) is 3.95. The lowest BCUT2D eigenvalue weighted by molar-refractivity contribution is 0.252. The van der Waals surface area contributed by atoms with E-state index in [4.69, 9.17) is 5.11 Å². The van der Waals surface area contributed by atoms with Crippen molar-refractivity contribution in [2.75, 3.05) is 19.7 Å². The van der Waals surface area contributed by atoms with Crippen LogP contribution in [0.15, 0.2) is 0 Å². The minimum absolute atomic E-state index is 0.258. The maximum Gasteiger partial charge on any atom is 0.0556 e. The molecule has 2 N–H and O–H groups in total. The summed E-state index contributed by atoms with van der Waals surface area (Å²) in [6, 6.07) is 2.24. The van der Waals surface area contributed by atoms with Crippen LogP contribution in [-0.4, -0.2) is 47.8 Å². The molecule has 1 heterocycles. The van der Waals surface area contributed by atoms with Gasteiger partial charge in [0, 0.05) is 31.2 Å². The van der Waals surface area contributed by atoms with E-state index in [0.29, 0.717) is 6.04 Å². The van der Waals surface area contributed by atoms with E-state index < -0.39 is 0 Å². The lowest BCUT2D eigenvalue weighted by Crippen LogP contribution is -2.35. The van der Waals surface area contributed by atoms with Gasteiger partial charge < -0.3 is 10.4 Å². The number of aliphatic hydroxyl groups excluding tert-OH is 1. The fourth-order valence-corrected chi connectivity index (χ4v) is 2.39. The van der Waals surface area contributed by atoms with Gasteiger partial charge in [0.1, 0.15) is 0 Å². The van der Waals surface area contributed by atoms with E-state index in [9.17, 15) is 0 Å². The number of nitrogens with one attached hydrogen (secondary N) is 1. The van der Waals surface area contributed by atoms with Crippen LogP contribution >= 0.6 is 0 Å². The Labute approximate surface area is 80.1 Å². The molecule has 0 spiro atoms. The Kier molecular flexibility index (Phi) is 2.86. The molecule has 2 rings (SSSR count). The Morgan fingerprint density at radius 2 is 2.23 bits per heavy atom. The smallest absolute Gasteiger partial charge is 0.0556 e. The van der Waals surface area contributed by atoms with Crippen LogP contribution in [0.4, 0.5) is 0 Å². The Balaban J connectivity index is 1.76. The molecular weight excluding hydrogens is 164 g/mol. The first-order valence-electron chi connectivity index (χ1n) is 5.41. The largest absolute Gasteiger partial charge is 0.395 e. The van der Waals surface area contributed by atoms with Crippen LogP contribution in [0.3, 0.4) is 0 Å². The number of likely N-dealkylation sites (tertiary alicyclic amines) is 1. The molecule has 0 bridgehead atoms. The first-order valence-corrected chi connectivity index (χ1v) is 5.41. The zero-order valence-electron chi connectivity index (χ0n) is 8.37. The van der Waals surface area contributed by atoms with Gasteiger partial charge in [-0.25, -0.2) is 0 Å². The summed E-state index contributed by atoms with van der Waals surface area (Å²) in [5.41, 5.74) is 0. The minimum atomic E-state index is 0.258. The Morgan fingerprint density at radius 1 is 1.46 bits per heavy atom. The summed E-state index contributed by atoms with van der Waals surface area (Å²) in [5, 5.41) is 12.1. The summed E-state index contributed by atoms with van der Waals surface area (Å²) in [7, 11) is 0. The second-order valence-electron chi connectivity index (χ2n) is 4.39. The summed E-state index contributed by atoms with van der Waals surface area (Å²) >= 11 is 0. The molecule has 13 heavy (non-hydrogen) atoms. The van der Waals surface area contributed by atoms with E-state index in [1.807, 2.05) is 0 Å². The van der Waals surface area contributed by atoms with Gasteiger partial charge in [0.05, 0.1) is 6.61 Å². The Hall–Kier alpha value is -0.120. The number of hydrogen-bond donors (Lipinski definition) is 2. The average Bonchev–Trinajstić information content (AvgIpc) is 2.88. The monoisotopic (exact) mass is 184 g/mol. The number of rotatable bonds is 4. The highest BCUT2D eigenvalue weighted by atomic mass is 16.3. The van der Waals surface area contributed by atoms with Crippen LogP contribution in [0, 0.1) is 0 Å². The predicted molar refractivity (Wildman–Crippen MR) is 52.7 cm³/mol. The Bertz CT molecular complexity index is 170. The fourth-order valence-electron chi connectivity index (χ4n) is 2.39. The van der Waals surface area contributed by atoms with E-state index in [1.54, 1.807) is 0 Å². The topological polar surface area (TPSA) is 35.5 Å². The van der Waals surface area contributed by atoms with Crippen molar-refractivity contribution < 1.29 is 5.11 Å². The molecule has 1 saturated carbocycles. The first-order chi connectivity index (χ1) is 6.31. The lowest BCUT2D eigenvalue weighted by Gasteiger charge is -2.19. The summed E-state index contributed by atoms with van der Waals surface area (Å²) in [4.78, 5) is 2.62. The molecule has 1 aliphatic heterocycles. The van der Waals surface area contributed by atoms with Crippen LogP contribution < -0.4 is 5.32 Å². The molecule has 0 amide bonds. The highest BCUT2D eigenvalue weighted by Gasteiger charge is 2.38. The molecule has 1 saturated heterocycles.